The molecule has 0 N–H and O–H groups in total. The third-order valence-corrected chi connectivity index (χ3v) is 30.3. The van der Waals surface area contributed by atoms with Crippen molar-refractivity contribution in [3.8, 4) is 0 Å². The lowest BCUT2D eigenvalue weighted by Crippen LogP contribution is -2.65. The molecule has 0 spiro atoms. The molecule has 4 unspecified atom stereocenters. The van der Waals surface area contributed by atoms with Gasteiger partial charge in [-0.15, -0.1) is 0 Å². The minimum atomic E-state index is -3.14. The maximum atomic E-state index is 12.9. The van der Waals surface area contributed by atoms with Crippen LogP contribution in [0.1, 0.15) is 219 Å². The summed E-state index contributed by atoms with van der Waals surface area (Å²) in [6.45, 7) is 67.9. The Hall–Kier alpha value is -0.560. The standard InChI is InChI=1S/2C17H34N2O2S.C16H32N2O2S.C15H31N3O2S/c2*1-13-10-14(16(2,3)4)8-9-19(13)22(20,21)15-11-18(12-15)17(5,6)7;1-15(2,3)13-7-9-18(10-8-13)21(19,20)14-11-17(12-14)16(4,5)6;1-14(2,3)16-7-9-18(10-8-16)21(19,20)13-11-17(12-13)15(4,5)6/h2*13-15H,8-12H2,1-7H3;13-14H,7-12H2,1-6H3;13H,7-12H2,1-6H3. The molecule has 8 aliphatic heterocycles. The summed E-state index contributed by atoms with van der Waals surface area (Å²) in [5.74, 6) is 1.86. The number of rotatable bonds is 8. The van der Waals surface area contributed by atoms with Crippen LogP contribution in [0.15, 0.2) is 0 Å². The number of sulfonamides is 4. The molecule has 0 bridgehead atoms. The van der Waals surface area contributed by atoms with Crippen LogP contribution in [-0.4, -0.2) is 241 Å². The number of piperidine rings is 3. The minimum absolute atomic E-state index is 0.0663. The fourth-order valence-corrected chi connectivity index (χ4v) is 21.6. The summed E-state index contributed by atoms with van der Waals surface area (Å²) in [4.78, 5) is 11.3. The highest BCUT2D eigenvalue weighted by Crippen LogP contribution is 2.42. The Morgan fingerprint density at radius 1 is 0.267 bits per heavy atom. The minimum Gasteiger partial charge on any atom is -0.296 e. The van der Waals surface area contributed by atoms with Gasteiger partial charge in [-0.2, -0.15) is 12.9 Å². The molecule has 508 valence electrons. The van der Waals surface area contributed by atoms with Crippen molar-refractivity contribution >= 4 is 40.1 Å². The van der Waals surface area contributed by atoms with Crippen LogP contribution in [0.3, 0.4) is 0 Å². The van der Waals surface area contributed by atoms with E-state index in [4.69, 9.17) is 0 Å². The average molecular weight is 1300 g/mol. The summed E-state index contributed by atoms with van der Waals surface area (Å²) in [6.07, 6.45) is 5.94. The summed E-state index contributed by atoms with van der Waals surface area (Å²) < 4.78 is 109. The van der Waals surface area contributed by atoms with Gasteiger partial charge in [0.2, 0.25) is 40.1 Å². The number of nitrogens with zero attached hydrogens (tertiary/aromatic N) is 9. The number of piperazine rings is 1. The zero-order chi connectivity index (χ0) is 65.9. The molecule has 4 atom stereocenters. The van der Waals surface area contributed by atoms with E-state index in [0.717, 1.165) is 51.6 Å². The van der Waals surface area contributed by atoms with Crippen molar-refractivity contribution in [1.82, 2.24) is 41.7 Å². The van der Waals surface area contributed by atoms with Gasteiger partial charge in [0.1, 0.15) is 21.0 Å². The molecule has 86 heavy (non-hydrogen) atoms. The molecular weight excluding hydrogens is 1160 g/mol. The van der Waals surface area contributed by atoms with E-state index in [1.165, 1.54) is 0 Å². The highest BCUT2D eigenvalue weighted by atomic mass is 32.2. The third-order valence-electron chi connectivity index (χ3n) is 21.2. The Bertz CT molecular complexity index is 2470. The molecule has 0 aromatic rings. The molecule has 0 amide bonds. The van der Waals surface area contributed by atoms with Gasteiger partial charge in [-0.05, 0) is 190 Å². The largest absolute Gasteiger partial charge is 0.296 e. The van der Waals surface area contributed by atoms with Gasteiger partial charge in [-0.25, -0.2) is 38.0 Å². The summed E-state index contributed by atoms with van der Waals surface area (Å²) in [5, 5.41) is -0.818. The van der Waals surface area contributed by atoms with Crippen molar-refractivity contribution < 1.29 is 33.7 Å². The summed E-state index contributed by atoms with van der Waals surface area (Å²) >= 11 is 0. The van der Waals surface area contributed by atoms with E-state index in [0.29, 0.717) is 109 Å². The average Bonchev–Trinajstić information content (AvgIpc) is 3.24. The first-order valence-corrected chi connectivity index (χ1v) is 39.3. The van der Waals surface area contributed by atoms with Crippen molar-refractivity contribution in [2.24, 2.45) is 34.0 Å². The molecular formula is C65H131N9O8S4. The van der Waals surface area contributed by atoms with Crippen molar-refractivity contribution in [1.29, 1.82) is 0 Å². The second-order valence-corrected chi connectivity index (χ2v) is 44.4. The predicted octanol–water partition coefficient (Wildman–Crippen LogP) is 9.66. The summed E-state index contributed by atoms with van der Waals surface area (Å²) in [6, 6.07) is 0.262. The number of likely N-dealkylation sites (tertiary alicyclic amines) is 4. The van der Waals surface area contributed by atoms with E-state index >= 15 is 0 Å². The molecule has 0 aliphatic carbocycles. The second-order valence-electron chi connectivity index (χ2n) is 35.7. The Morgan fingerprint density at radius 2 is 0.488 bits per heavy atom. The lowest BCUT2D eigenvalue weighted by atomic mass is 9.74. The third kappa shape index (κ3) is 18.9. The highest BCUT2D eigenvalue weighted by Gasteiger charge is 2.51. The Balaban J connectivity index is 0.000000209. The van der Waals surface area contributed by atoms with Crippen molar-refractivity contribution in [3.63, 3.8) is 0 Å². The molecule has 21 heteroatoms. The molecule has 0 aromatic heterocycles. The van der Waals surface area contributed by atoms with Gasteiger partial charge < -0.3 is 0 Å². The topological polar surface area (TPSA) is 166 Å². The normalized spacial score (nSPS) is 27.7. The van der Waals surface area contributed by atoms with Crippen LogP contribution in [0, 0.1) is 34.0 Å². The lowest BCUT2D eigenvalue weighted by molar-refractivity contribution is 0.0651. The highest BCUT2D eigenvalue weighted by molar-refractivity contribution is 7.90. The lowest BCUT2D eigenvalue weighted by Gasteiger charge is -2.50. The molecule has 8 heterocycles. The van der Waals surface area contributed by atoms with Crippen LogP contribution >= 0.6 is 0 Å². The van der Waals surface area contributed by atoms with Gasteiger partial charge in [0.05, 0.1) is 0 Å². The van der Waals surface area contributed by atoms with E-state index in [2.05, 4.69) is 205 Å². The quantitative estimate of drug-likeness (QED) is 0.226. The molecule has 8 aliphatic rings. The zero-order valence-electron chi connectivity index (χ0n) is 59.7. The molecule has 0 radical (unpaired) electrons. The molecule has 8 rings (SSSR count). The van der Waals surface area contributed by atoms with Crippen LogP contribution < -0.4 is 0 Å². The van der Waals surface area contributed by atoms with E-state index in [-0.39, 0.29) is 77.0 Å². The maximum Gasteiger partial charge on any atom is 0.219 e. The van der Waals surface area contributed by atoms with Gasteiger partial charge in [-0.3, -0.25) is 24.5 Å². The monoisotopic (exact) mass is 1290 g/mol. The van der Waals surface area contributed by atoms with Gasteiger partial charge in [0.25, 0.3) is 0 Å². The van der Waals surface area contributed by atoms with Gasteiger partial charge in [0.15, 0.2) is 0 Å². The van der Waals surface area contributed by atoms with Crippen LogP contribution in [-0.2, 0) is 40.1 Å². The Kier molecular flexibility index (Phi) is 23.9. The van der Waals surface area contributed by atoms with Crippen molar-refractivity contribution in [2.45, 2.75) is 279 Å². The van der Waals surface area contributed by atoms with E-state index in [1.54, 1.807) is 17.2 Å². The Labute approximate surface area is 530 Å². The smallest absolute Gasteiger partial charge is 0.219 e. The zero-order valence-corrected chi connectivity index (χ0v) is 62.9. The maximum absolute atomic E-state index is 12.9. The van der Waals surface area contributed by atoms with Gasteiger partial charge in [-0.1, -0.05) is 62.3 Å². The molecule has 8 fully saturated rings. The van der Waals surface area contributed by atoms with Crippen LogP contribution in [0.2, 0.25) is 0 Å². The van der Waals surface area contributed by atoms with Crippen molar-refractivity contribution in [2.75, 3.05) is 105 Å². The van der Waals surface area contributed by atoms with E-state index in [9.17, 15) is 33.7 Å². The van der Waals surface area contributed by atoms with E-state index < -0.39 is 40.1 Å². The molecule has 0 aromatic carbocycles. The summed E-state index contributed by atoms with van der Waals surface area (Å²) in [7, 11) is -12.5. The van der Waals surface area contributed by atoms with Crippen molar-refractivity contribution in [3.05, 3.63) is 0 Å². The number of hydrogen-bond acceptors (Lipinski definition) is 13. The predicted molar refractivity (Wildman–Crippen MR) is 359 cm³/mol. The number of hydrogen-bond donors (Lipinski definition) is 0. The second kappa shape index (κ2) is 27.0. The summed E-state index contributed by atoms with van der Waals surface area (Å²) in [5.41, 5.74) is 1.22. The SMILES string of the molecule is CC(C)(C)C1CCN(S(=O)(=O)C2CN(C(C)(C)C)C2)CC1.CC(C)(C)N1CCN(S(=O)(=O)C2CN(C(C)(C)C)C2)CC1.CC1CC(C(C)(C)C)CCN1S(=O)(=O)C1CN(C(C)(C)C)C1.CC1CC(C(C)(C)C)CCN1S(=O)(=O)C1CN(C(C)(C)C)C1. The molecule has 0 saturated carbocycles. The van der Waals surface area contributed by atoms with Gasteiger partial charge in [0, 0.05) is 144 Å². The first kappa shape index (κ1) is 76.2. The Morgan fingerprint density at radius 3 is 0.709 bits per heavy atom. The molecule has 17 nitrogen and oxygen atoms in total. The van der Waals surface area contributed by atoms with E-state index in [1.807, 2.05) is 0 Å². The van der Waals surface area contributed by atoms with Gasteiger partial charge >= 0.3 is 0 Å². The fourth-order valence-electron chi connectivity index (χ4n) is 13.7. The fraction of sp³-hybridized carbons (Fsp3) is 1.00. The van der Waals surface area contributed by atoms with Crippen LogP contribution in [0.25, 0.3) is 0 Å². The van der Waals surface area contributed by atoms with Crippen LogP contribution in [0.5, 0.6) is 0 Å². The molecule has 8 saturated heterocycles. The first-order chi connectivity index (χ1) is 38.5. The van der Waals surface area contributed by atoms with Crippen LogP contribution in [0.4, 0.5) is 0 Å². The first-order valence-electron chi connectivity index (χ1n) is 33.3.